The minimum absolute atomic E-state index is 0.188. The van der Waals surface area contributed by atoms with Crippen LogP contribution in [-0.2, 0) is 16.4 Å². The molecule has 3 aromatic rings. The van der Waals surface area contributed by atoms with Gasteiger partial charge >= 0.3 is 0 Å². The number of aromatic nitrogens is 2. The van der Waals surface area contributed by atoms with Gasteiger partial charge in [0.05, 0.1) is 11.9 Å². The van der Waals surface area contributed by atoms with E-state index in [1.54, 1.807) is 6.20 Å². The fourth-order valence-electron chi connectivity index (χ4n) is 3.84. The summed E-state index contributed by atoms with van der Waals surface area (Å²) >= 11 is 0. The van der Waals surface area contributed by atoms with Crippen LogP contribution in [0.15, 0.2) is 42.6 Å². The molecule has 1 heterocycles. The highest BCUT2D eigenvalue weighted by Gasteiger charge is 2.35. The van der Waals surface area contributed by atoms with Crippen molar-refractivity contribution in [3.8, 4) is 5.75 Å². The van der Waals surface area contributed by atoms with Crippen LogP contribution in [0.4, 0.5) is 23.1 Å². The first-order chi connectivity index (χ1) is 16.7. The Balaban J connectivity index is 1.40. The average molecular weight is 496 g/mol. The van der Waals surface area contributed by atoms with E-state index in [9.17, 15) is 8.42 Å². The van der Waals surface area contributed by atoms with Gasteiger partial charge in [0, 0.05) is 29.7 Å². The second-order valence-corrected chi connectivity index (χ2v) is 11.0. The third kappa shape index (κ3) is 6.49. The molecule has 1 saturated carbocycles. The number of benzene rings is 2. The van der Waals surface area contributed by atoms with Crippen molar-refractivity contribution in [3.63, 3.8) is 0 Å². The van der Waals surface area contributed by atoms with E-state index < -0.39 is 10.0 Å². The summed E-state index contributed by atoms with van der Waals surface area (Å²) in [5.74, 6) is 2.07. The van der Waals surface area contributed by atoms with Crippen molar-refractivity contribution in [2.24, 2.45) is 0 Å². The third-order valence-electron chi connectivity index (χ3n) is 5.92. The number of anilines is 4. The molecular formula is C26H33N5O3S. The van der Waals surface area contributed by atoms with E-state index in [0.29, 0.717) is 31.3 Å². The number of hydrogen-bond acceptors (Lipinski definition) is 7. The maximum Gasteiger partial charge on any atom is 0.229 e. The van der Waals surface area contributed by atoms with Crippen LogP contribution in [-0.4, -0.2) is 36.8 Å². The molecule has 0 atom stereocenters. The highest BCUT2D eigenvalue weighted by molar-refractivity contribution is 7.90. The Labute approximate surface area is 207 Å². The van der Waals surface area contributed by atoms with Crippen molar-refractivity contribution >= 4 is 33.2 Å². The maximum absolute atomic E-state index is 11.9. The fraction of sp³-hybridized carbons (Fsp3) is 0.385. The minimum atomic E-state index is -3.14. The van der Waals surface area contributed by atoms with Crippen LogP contribution in [0, 0.1) is 20.8 Å². The topological polar surface area (TPSA) is 105 Å². The maximum atomic E-state index is 11.9. The Morgan fingerprint density at radius 3 is 2.31 bits per heavy atom. The first-order valence-corrected chi connectivity index (χ1v) is 13.5. The summed E-state index contributed by atoms with van der Waals surface area (Å²) in [7, 11) is -3.14. The molecular weight excluding hydrogens is 462 g/mol. The highest BCUT2D eigenvalue weighted by Crippen LogP contribution is 2.29. The van der Waals surface area contributed by atoms with Gasteiger partial charge in [-0.15, -0.1) is 0 Å². The van der Waals surface area contributed by atoms with Gasteiger partial charge in [-0.25, -0.2) is 18.1 Å². The Hall–Kier alpha value is -3.17. The molecule has 0 aliphatic heterocycles. The molecule has 2 aromatic carbocycles. The lowest BCUT2D eigenvalue weighted by Crippen LogP contribution is -2.29. The Morgan fingerprint density at radius 1 is 1.00 bits per heavy atom. The van der Waals surface area contributed by atoms with Crippen molar-refractivity contribution in [2.45, 2.75) is 52.2 Å². The molecule has 4 rings (SSSR count). The molecule has 1 aliphatic rings. The van der Waals surface area contributed by atoms with Crippen molar-refractivity contribution in [3.05, 3.63) is 64.8 Å². The molecule has 0 saturated heterocycles. The van der Waals surface area contributed by atoms with Crippen LogP contribution >= 0.6 is 0 Å². The Bertz CT molecular complexity index is 1270. The summed E-state index contributed by atoms with van der Waals surface area (Å²) in [4.78, 5) is 9.14. The van der Waals surface area contributed by atoms with Gasteiger partial charge in [0.15, 0.2) is 0 Å². The summed E-state index contributed by atoms with van der Waals surface area (Å²) in [5.41, 5.74) is 5.97. The second-order valence-electron chi connectivity index (χ2n) is 8.93. The zero-order valence-corrected chi connectivity index (χ0v) is 21.5. The number of hydrogen-bond donors (Lipinski definition) is 3. The molecule has 0 radical (unpaired) electrons. The van der Waals surface area contributed by atoms with Crippen LogP contribution in [0.25, 0.3) is 0 Å². The molecule has 0 bridgehead atoms. The van der Waals surface area contributed by atoms with Crippen molar-refractivity contribution in [1.29, 1.82) is 0 Å². The summed E-state index contributed by atoms with van der Waals surface area (Å²) in [5, 5.41) is 6.52. The van der Waals surface area contributed by atoms with E-state index in [0.717, 1.165) is 52.2 Å². The predicted octanol–water partition coefficient (Wildman–Crippen LogP) is 4.91. The van der Waals surface area contributed by atoms with Gasteiger partial charge in [0.25, 0.3) is 0 Å². The number of rotatable bonds is 11. The van der Waals surface area contributed by atoms with E-state index in [2.05, 4.69) is 25.3 Å². The zero-order valence-electron chi connectivity index (χ0n) is 20.7. The predicted molar refractivity (Wildman–Crippen MR) is 141 cm³/mol. The van der Waals surface area contributed by atoms with Gasteiger partial charge < -0.3 is 15.4 Å². The molecule has 1 fully saturated rings. The highest BCUT2D eigenvalue weighted by atomic mass is 32.2. The van der Waals surface area contributed by atoms with Crippen LogP contribution in [0.1, 0.15) is 42.0 Å². The molecule has 1 aromatic heterocycles. The van der Waals surface area contributed by atoms with Gasteiger partial charge in [-0.05, 0) is 87.9 Å². The molecule has 0 unspecified atom stereocenters. The molecule has 0 spiro atoms. The van der Waals surface area contributed by atoms with Crippen molar-refractivity contribution in [2.75, 3.05) is 23.8 Å². The summed E-state index contributed by atoms with van der Waals surface area (Å²) < 4.78 is 32.2. The van der Waals surface area contributed by atoms with Gasteiger partial charge in [-0.3, -0.25) is 0 Å². The molecule has 35 heavy (non-hydrogen) atoms. The number of ether oxygens (including phenoxy) is 1. The lowest BCUT2D eigenvalue weighted by molar-refractivity contribution is 0.340. The standard InChI is InChI=1S/C26H33N5O3S/c1-5-34-22-14-17(2)24(18(3)15-22)30-26-27-16-19(4)25(31-26)29-21-8-6-20(7-9-21)12-13-28-35(32,33)23-10-11-23/h6-9,14-16,23,28H,5,10-13H2,1-4H3,(H2,27,29,30,31). The van der Waals surface area contributed by atoms with Crippen LogP contribution in [0.3, 0.4) is 0 Å². The molecule has 3 N–H and O–H groups in total. The number of nitrogens with zero attached hydrogens (tertiary/aromatic N) is 2. The minimum Gasteiger partial charge on any atom is -0.494 e. The number of aryl methyl sites for hydroxylation is 3. The Kier molecular flexibility index (Phi) is 7.57. The number of nitrogens with one attached hydrogen (secondary N) is 3. The first kappa shape index (κ1) is 24.9. The van der Waals surface area contributed by atoms with E-state index in [-0.39, 0.29) is 5.25 Å². The molecule has 186 valence electrons. The molecule has 9 heteroatoms. The summed E-state index contributed by atoms with van der Waals surface area (Å²) in [6, 6.07) is 11.9. The summed E-state index contributed by atoms with van der Waals surface area (Å²) in [6.07, 6.45) is 3.98. The quantitative estimate of drug-likeness (QED) is 0.347. The van der Waals surface area contributed by atoms with E-state index in [1.165, 1.54) is 0 Å². The van der Waals surface area contributed by atoms with E-state index in [4.69, 9.17) is 4.74 Å². The van der Waals surface area contributed by atoms with Crippen LogP contribution < -0.4 is 20.1 Å². The SMILES string of the molecule is CCOc1cc(C)c(Nc2ncc(C)c(Nc3ccc(CCNS(=O)(=O)C4CC4)cc3)n2)c(C)c1. The second kappa shape index (κ2) is 10.6. The monoisotopic (exact) mass is 495 g/mol. The van der Waals surface area contributed by atoms with E-state index in [1.807, 2.05) is 64.1 Å². The van der Waals surface area contributed by atoms with Crippen LogP contribution in [0.5, 0.6) is 5.75 Å². The van der Waals surface area contributed by atoms with Gasteiger partial charge in [-0.1, -0.05) is 12.1 Å². The molecule has 0 amide bonds. The summed E-state index contributed by atoms with van der Waals surface area (Å²) in [6.45, 7) is 9.03. The lowest BCUT2D eigenvalue weighted by Gasteiger charge is -2.15. The third-order valence-corrected chi connectivity index (χ3v) is 7.88. The van der Waals surface area contributed by atoms with Gasteiger partial charge in [-0.2, -0.15) is 4.98 Å². The fourth-order valence-corrected chi connectivity index (χ4v) is 5.22. The first-order valence-electron chi connectivity index (χ1n) is 11.9. The van der Waals surface area contributed by atoms with E-state index >= 15 is 0 Å². The largest absolute Gasteiger partial charge is 0.494 e. The average Bonchev–Trinajstić information content (AvgIpc) is 3.66. The Morgan fingerprint density at radius 2 is 1.69 bits per heavy atom. The van der Waals surface area contributed by atoms with Gasteiger partial charge in [0.1, 0.15) is 11.6 Å². The van der Waals surface area contributed by atoms with Crippen molar-refractivity contribution < 1.29 is 13.2 Å². The van der Waals surface area contributed by atoms with Gasteiger partial charge in [0.2, 0.25) is 16.0 Å². The molecule has 8 nitrogen and oxygen atoms in total. The van der Waals surface area contributed by atoms with Crippen LogP contribution in [0.2, 0.25) is 0 Å². The zero-order chi connectivity index (χ0) is 25.0. The number of sulfonamides is 1. The smallest absolute Gasteiger partial charge is 0.229 e. The lowest BCUT2D eigenvalue weighted by atomic mass is 10.1. The normalized spacial score (nSPS) is 13.5. The van der Waals surface area contributed by atoms with Crippen molar-refractivity contribution in [1.82, 2.24) is 14.7 Å². The molecule has 1 aliphatic carbocycles.